The van der Waals surface area contributed by atoms with Gasteiger partial charge in [-0.05, 0) is 42.7 Å². The molecule has 0 saturated heterocycles. The highest BCUT2D eigenvalue weighted by Crippen LogP contribution is 2.33. The molecule has 4 rings (SSSR count). The van der Waals surface area contributed by atoms with Gasteiger partial charge in [-0.2, -0.15) is 0 Å². The smallest absolute Gasteiger partial charge is 0.260 e. The minimum absolute atomic E-state index is 0.0113. The SMILES string of the molecule is CC1Cc2ccccc2N1C(=O)c1ccc(N(C)Cc2ccccc2)nc1. The van der Waals surface area contributed by atoms with Gasteiger partial charge in [0.15, 0.2) is 0 Å². The van der Waals surface area contributed by atoms with Crippen LogP contribution in [0.1, 0.15) is 28.4 Å². The van der Waals surface area contributed by atoms with E-state index in [0.717, 1.165) is 24.5 Å². The topological polar surface area (TPSA) is 36.4 Å². The highest BCUT2D eigenvalue weighted by molar-refractivity contribution is 6.07. The van der Waals surface area contributed by atoms with Crippen molar-refractivity contribution in [2.75, 3.05) is 16.8 Å². The van der Waals surface area contributed by atoms with Gasteiger partial charge in [0.05, 0.1) is 5.56 Å². The summed E-state index contributed by atoms with van der Waals surface area (Å²) in [5.74, 6) is 0.863. The van der Waals surface area contributed by atoms with Crippen LogP contribution in [-0.2, 0) is 13.0 Å². The number of anilines is 2. The lowest BCUT2D eigenvalue weighted by Crippen LogP contribution is -2.35. The van der Waals surface area contributed by atoms with Crippen molar-refractivity contribution in [1.82, 2.24) is 4.98 Å². The Morgan fingerprint density at radius 1 is 1.07 bits per heavy atom. The molecule has 0 bridgehead atoms. The lowest BCUT2D eigenvalue weighted by molar-refractivity contribution is 0.0981. The second-order valence-electron chi connectivity index (χ2n) is 7.10. The van der Waals surface area contributed by atoms with Crippen LogP contribution in [0.4, 0.5) is 11.5 Å². The van der Waals surface area contributed by atoms with Gasteiger partial charge in [0.25, 0.3) is 5.91 Å². The predicted molar refractivity (Wildman–Crippen MR) is 109 cm³/mol. The molecule has 1 unspecified atom stereocenters. The van der Waals surface area contributed by atoms with E-state index in [0.29, 0.717) is 5.56 Å². The van der Waals surface area contributed by atoms with Crippen molar-refractivity contribution in [1.29, 1.82) is 0 Å². The van der Waals surface area contributed by atoms with Crippen LogP contribution in [0.15, 0.2) is 72.9 Å². The van der Waals surface area contributed by atoms with Crippen molar-refractivity contribution >= 4 is 17.4 Å². The minimum atomic E-state index is 0.0113. The Morgan fingerprint density at radius 2 is 1.81 bits per heavy atom. The van der Waals surface area contributed by atoms with E-state index in [2.05, 4.69) is 35.0 Å². The number of fused-ring (bicyclic) bond motifs is 1. The average Bonchev–Trinajstić information content (AvgIpc) is 3.04. The van der Waals surface area contributed by atoms with Gasteiger partial charge in [-0.25, -0.2) is 4.98 Å². The molecule has 0 N–H and O–H groups in total. The van der Waals surface area contributed by atoms with Gasteiger partial charge in [0, 0.05) is 31.5 Å². The summed E-state index contributed by atoms with van der Waals surface area (Å²) in [5, 5.41) is 0. The van der Waals surface area contributed by atoms with Crippen molar-refractivity contribution < 1.29 is 4.79 Å². The number of nitrogens with zero attached hydrogens (tertiary/aromatic N) is 3. The zero-order valence-corrected chi connectivity index (χ0v) is 15.7. The molecule has 1 amide bonds. The fraction of sp³-hybridized carbons (Fsp3) is 0.217. The first-order valence-electron chi connectivity index (χ1n) is 9.26. The molecular weight excluding hydrogens is 334 g/mol. The van der Waals surface area contributed by atoms with Crippen LogP contribution >= 0.6 is 0 Å². The predicted octanol–water partition coefficient (Wildman–Crippen LogP) is 4.31. The van der Waals surface area contributed by atoms with Gasteiger partial charge in [-0.1, -0.05) is 48.5 Å². The van der Waals surface area contributed by atoms with E-state index in [-0.39, 0.29) is 11.9 Å². The van der Waals surface area contributed by atoms with Gasteiger partial charge in [0.2, 0.25) is 0 Å². The fourth-order valence-corrected chi connectivity index (χ4v) is 3.69. The molecule has 27 heavy (non-hydrogen) atoms. The van der Waals surface area contributed by atoms with Crippen molar-refractivity contribution in [3.05, 3.63) is 89.6 Å². The van der Waals surface area contributed by atoms with Crippen LogP contribution in [0, 0.1) is 0 Å². The largest absolute Gasteiger partial charge is 0.355 e. The monoisotopic (exact) mass is 357 g/mol. The zero-order chi connectivity index (χ0) is 18.8. The number of aromatic nitrogens is 1. The van der Waals surface area contributed by atoms with E-state index in [4.69, 9.17) is 0 Å². The summed E-state index contributed by atoms with van der Waals surface area (Å²) in [6, 6.07) is 22.4. The maximum Gasteiger partial charge on any atom is 0.260 e. The first kappa shape index (κ1) is 17.3. The third-order valence-electron chi connectivity index (χ3n) is 5.07. The number of amides is 1. The lowest BCUT2D eigenvalue weighted by atomic mass is 10.1. The van der Waals surface area contributed by atoms with Gasteiger partial charge < -0.3 is 9.80 Å². The number of para-hydroxylation sites is 1. The Balaban J connectivity index is 1.51. The summed E-state index contributed by atoms with van der Waals surface area (Å²) in [7, 11) is 2.01. The van der Waals surface area contributed by atoms with Gasteiger partial charge in [-0.15, -0.1) is 0 Å². The van der Waals surface area contributed by atoms with Gasteiger partial charge >= 0.3 is 0 Å². The standard InChI is InChI=1S/C23H23N3O/c1-17-14-19-10-6-7-11-21(19)26(17)23(27)20-12-13-22(24-15-20)25(2)16-18-8-4-3-5-9-18/h3-13,15,17H,14,16H2,1-2H3. The molecule has 2 aromatic carbocycles. The molecule has 0 saturated carbocycles. The third-order valence-corrected chi connectivity index (χ3v) is 5.07. The minimum Gasteiger partial charge on any atom is -0.355 e. The van der Waals surface area contributed by atoms with Crippen LogP contribution in [0.3, 0.4) is 0 Å². The summed E-state index contributed by atoms with van der Waals surface area (Å²) in [6.07, 6.45) is 2.58. The third kappa shape index (κ3) is 3.43. The molecule has 1 aromatic heterocycles. The van der Waals surface area contributed by atoms with Crippen LogP contribution in [-0.4, -0.2) is 24.0 Å². The van der Waals surface area contributed by atoms with Gasteiger partial charge in [0.1, 0.15) is 5.82 Å². The maximum atomic E-state index is 13.1. The summed E-state index contributed by atoms with van der Waals surface area (Å²) in [6.45, 7) is 2.87. The van der Waals surface area contributed by atoms with E-state index in [1.165, 1.54) is 11.1 Å². The van der Waals surface area contributed by atoms with Crippen LogP contribution in [0.5, 0.6) is 0 Å². The van der Waals surface area contributed by atoms with Crippen molar-refractivity contribution in [2.45, 2.75) is 25.9 Å². The molecule has 1 aliphatic rings. The highest BCUT2D eigenvalue weighted by Gasteiger charge is 2.31. The van der Waals surface area contributed by atoms with E-state index in [9.17, 15) is 4.79 Å². The number of pyridine rings is 1. The number of carbonyl (C=O) groups excluding carboxylic acids is 1. The maximum absolute atomic E-state index is 13.1. The molecule has 0 radical (unpaired) electrons. The molecule has 0 aliphatic carbocycles. The number of hydrogen-bond acceptors (Lipinski definition) is 3. The van der Waals surface area contributed by atoms with E-state index in [1.807, 2.05) is 60.5 Å². The quantitative estimate of drug-likeness (QED) is 0.698. The molecule has 1 aliphatic heterocycles. The molecule has 4 heteroatoms. The average molecular weight is 357 g/mol. The summed E-state index contributed by atoms with van der Waals surface area (Å²) in [4.78, 5) is 21.6. The normalized spacial score (nSPS) is 15.5. The van der Waals surface area contributed by atoms with E-state index < -0.39 is 0 Å². The molecule has 4 nitrogen and oxygen atoms in total. The first-order chi connectivity index (χ1) is 13.1. The van der Waals surface area contributed by atoms with E-state index in [1.54, 1.807) is 6.20 Å². The Bertz CT molecular complexity index is 937. The van der Waals surface area contributed by atoms with E-state index >= 15 is 0 Å². The number of carbonyl (C=O) groups is 1. The number of benzene rings is 2. The van der Waals surface area contributed by atoms with Crippen molar-refractivity contribution in [3.63, 3.8) is 0 Å². The Hall–Kier alpha value is -3.14. The fourth-order valence-electron chi connectivity index (χ4n) is 3.69. The Kier molecular flexibility index (Phi) is 4.63. The lowest BCUT2D eigenvalue weighted by Gasteiger charge is -2.23. The van der Waals surface area contributed by atoms with Gasteiger partial charge in [-0.3, -0.25) is 4.79 Å². The molecule has 1 atom stereocenters. The van der Waals surface area contributed by atoms with Crippen molar-refractivity contribution in [3.8, 4) is 0 Å². The van der Waals surface area contributed by atoms with Crippen LogP contribution in [0.2, 0.25) is 0 Å². The molecule has 0 spiro atoms. The number of rotatable bonds is 4. The Morgan fingerprint density at radius 3 is 2.56 bits per heavy atom. The summed E-state index contributed by atoms with van der Waals surface area (Å²) < 4.78 is 0. The van der Waals surface area contributed by atoms with Crippen molar-refractivity contribution in [2.24, 2.45) is 0 Å². The summed E-state index contributed by atoms with van der Waals surface area (Å²) >= 11 is 0. The molecule has 0 fully saturated rings. The van der Waals surface area contributed by atoms with Crippen LogP contribution in [0.25, 0.3) is 0 Å². The molecular formula is C23H23N3O. The second-order valence-corrected chi connectivity index (χ2v) is 7.10. The number of hydrogen-bond donors (Lipinski definition) is 0. The highest BCUT2D eigenvalue weighted by atomic mass is 16.2. The summed E-state index contributed by atoms with van der Waals surface area (Å²) in [5.41, 5.74) is 4.09. The Labute approximate surface area is 160 Å². The van der Waals surface area contributed by atoms with Crippen LogP contribution < -0.4 is 9.80 Å². The molecule has 3 aromatic rings. The molecule has 2 heterocycles. The molecule has 136 valence electrons. The second kappa shape index (κ2) is 7.23. The zero-order valence-electron chi connectivity index (χ0n) is 15.7. The first-order valence-corrected chi connectivity index (χ1v) is 9.26.